The van der Waals surface area contributed by atoms with E-state index in [1.54, 1.807) is 0 Å². The summed E-state index contributed by atoms with van der Waals surface area (Å²) in [4.78, 5) is 0. The van der Waals surface area contributed by atoms with Crippen molar-refractivity contribution in [3.8, 4) is 5.75 Å². The molecule has 18 heavy (non-hydrogen) atoms. The molecule has 0 amide bonds. The molecule has 3 N–H and O–H groups in total. The van der Waals surface area contributed by atoms with Crippen LogP contribution in [0.5, 0.6) is 5.75 Å². The third-order valence-electron chi connectivity index (χ3n) is 1.84. The van der Waals surface area contributed by atoms with Gasteiger partial charge in [0.25, 0.3) is 0 Å². The third kappa shape index (κ3) is 5.05. The fourth-order valence-corrected chi connectivity index (χ4v) is 1.71. The summed E-state index contributed by atoms with van der Waals surface area (Å²) in [5.74, 6) is -0.268. The quantitative estimate of drug-likeness (QED) is 0.498. The number of hydrogen-bond acceptors (Lipinski definition) is 3. The number of alkyl halides is 3. The Kier molecular flexibility index (Phi) is 5.15. The van der Waals surface area contributed by atoms with Crippen LogP contribution in [-0.4, -0.2) is 23.7 Å². The summed E-state index contributed by atoms with van der Waals surface area (Å²) in [7, 11) is 0. The van der Waals surface area contributed by atoms with Crippen LogP contribution in [0.4, 0.5) is 13.2 Å². The molecule has 8 heteroatoms. The Hall–Kier alpha value is -1.08. The summed E-state index contributed by atoms with van der Waals surface area (Å²) >= 11 is 5.56. The van der Waals surface area contributed by atoms with Gasteiger partial charge < -0.3 is 10.5 Å². The molecule has 0 aliphatic heterocycles. The van der Waals surface area contributed by atoms with Crippen LogP contribution in [0.25, 0.3) is 0 Å². The molecule has 0 saturated heterocycles. The first-order valence-corrected chi connectivity index (χ1v) is 6.13. The molecular formula is C10H10ClF3N2OS. The highest BCUT2D eigenvalue weighted by Crippen LogP contribution is 2.30. The average Bonchev–Trinajstić information content (AvgIpc) is 2.22. The van der Waals surface area contributed by atoms with Crippen molar-refractivity contribution in [3.63, 3.8) is 0 Å². The zero-order chi connectivity index (χ0) is 13.8. The Morgan fingerprint density at radius 2 is 2.11 bits per heavy atom. The molecule has 1 aromatic rings. The zero-order valence-electron chi connectivity index (χ0n) is 9.05. The van der Waals surface area contributed by atoms with Crippen molar-refractivity contribution in [2.75, 3.05) is 12.4 Å². The number of nitrogens with one attached hydrogen (secondary N) is 1. The fourth-order valence-electron chi connectivity index (χ4n) is 1.15. The number of ether oxygens (including phenoxy) is 1. The Morgan fingerprint density at radius 1 is 1.44 bits per heavy atom. The van der Waals surface area contributed by atoms with Gasteiger partial charge in [-0.05, 0) is 30.0 Å². The first kappa shape index (κ1) is 15.0. The van der Waals surface area contributed by atoms with Gasteiger partial charge >= 0.3 is 5.51 Å². The van der Waals surface area contributed by atoms with Crippen LogP contribution in [0, 0.1) is 5.41 Å². The number of thioether (sulfide) groups is 1. The smallest absolute Gasteiger partial charge is 0.441 e. The monoisotopic (exact) mass is 298 g/mol. The van der Waals surface area contributed by atoms with E-state index in [4.69, 9.17) is 27.5 Å². The number of halogens is 4. The van der Waals surface area contributed by atoms with E-state index in [9.17, 15) is 13.2 Å². The van der Waals surface area contributed by atoms with Crippen LogP contribution < -0.4 is 10.5 Å². The summed E-state index contributed by atoms with van der Waals surface area (Å²) in [6.45, 7) is -0.148. The molecule has 0 radical (unpaired) electrons. The molecule has 0 atom stereocenters. The van der Waals surface area contributed by atoms with E-state index < -0.39 is 5.51 Å². The van der Waals surface area contributed by atoms with Gasteiger partial charge in [-0.25, -0.2) is 0 Å². The molecule has 0 bridgehead atoms. The van der Waals surface area contributed by atoms with Gasteiger partial charge in [-0.1, -0.05) is 11.6 Å². The van der Waals surface area contributed by atoms with Crippen molar-refractivity contribution in [3.05, 3.63) is 28.8 Å². The summed E-state index contributed by atoms with van der Waals surface area (Å²) in [5, 5.41) is 7.66. The first-order valence-electron chi connectivity index (χ1n) is 4.77. The predicted octanol–water partition coefficient (Wildman–Crippen LogP) is 3.26. The minimum atomic E-state index is -4.28. The highest BCUT2D eigenvalue weighted by molar-refractivity contribution is 8.00. The van der Waals surface area contributed by atoms with Gasteiger partial charge in [0, 0.05) is 10.8 Å². The van der Waals surface area contributed by atoms with Crippen LogP contribution in [0.1, 0.15) is 5.56 Å². The van der Waals surface area contributed by atoms with E-state index in [1.807, 2.05) is 0 Å². The molecule has 3 nitrogen and oxygen atoms in total. The van der Waals surface area contributed by atoms with Crippen LogP contribution >= 0.6 is 23.4 Å². The first-order chi connectivity index (χ1) is 8.29. The molecule has 0 aromatic heterocycles. The van der Waals surface area contributed by atoms with Gasteiger partial charge in [0.15, 0.2) is 0 Å². The largest absolute Gasteiger partial charge is 0.492 e. The Bertz CT molecular complexity index is 440. The number of amidine groups is 1. The lowest BCUT2D eigenvalue weighted by molar-refractivity contribution is -0.0329. The predicted molar refractivity (Wildman–Crippen MR) is 66.5 cm³/mol. The maximum atomic E-state index is 11.9. The number of nitrogen functional groups attached to an aromatic ring is 1. The van der Waals surface area contributed by atoms with Crippen molar-refractivity contribution in [2.24, 2.45) is 5.73 Å². The second-order valence-corrected chi connectivity index (χ2v) is 4.79. The molecular weight excluding hydrogens is 289 g/mol. The van der Waals surface area contributed by atoms with Crippen LogP contribution in [0.3, 0.4) is 0 Å². The molecule has 0 spiro atoms. The van der Waals surface area contributed by atoms with E-state index in [1.165, 1.54) is 18.2 Å². The van der Waals surface area contributed by atoms with Gasteiger partial charge in [-0.2, -0.15) is 13.2 Å². The van der Waals surface area contributed by atoms with Gasteiger partial charge in [0.2, 0.25) is 0 Å². The van der Waals surface area contributed by atoms with Crippen LogP contribution in [0.15, 0.2) is 18.2 Å². The maximum Gasteiger partial charge on any atom is 0.441 e. The van der Waals surface area contributed by atoms with Crippen LogP contribution in [-0.2, 0) is 0 Å². The third-order valence-corrected chi connectivity index (χ3v) is 2.77. The molecule has 0 heterocycles. The van der Waals surface area contributed by atoms with Gasteiger partial charge in [0.05, 0.1) is 12.2 Å². The van der Waals surface area contributed by atoms with Gasteiger partial charge in [-0.3, -0.25) is 5.41 Å². The topological polar surface area (TPSA) is 59.1 Å². The van der Waals surface area contributed by atoms with E-state index >= 15 is 0 Å². The van der Waals surface area contributed by atoms with E-state index in [2.05, 4.69) is 0 Å². The summed E-state index contributed by atoms with van der Waals surface area (Å²) in [6, 6.07) is 4.42. The molecule has 0 aliphatic carbocycles. The molecule has 0 aliphatic rings. The van der Waals surface area contributed by atoms with E-state index in [0.29, 0.717) is 10.6 Å². The molecule has 0 fully saturated rings. The van der Waals surface area contributed by atoms with Crippen LogP contribution in [0.2, 0.25) is 5.02 Å². The van der Waals surface area contributed by atoms with Crippen molar-refractivity contribution in [1.29, 1.82) is 5.41 Å². The number of nitrogens with two attached hydrogens (primary N) is 1. The molecule has 100 valence electrons. The Balaban J connectivity index is 2.61. The zero-order valence-corrected chi connectivity index (χ0v) is 10.6. The van der Waals surface area contributed by atoms with Crippen molar-refractivity contribution in [1.82, 2.24) is 0 Å². The molecule has 0 saturated carbocycles. The lowest BCUT2D eigenvalue weighted by Crippen LogP contribution is -2.14. The average molecular weight is 299 g/mol. The highest BCUT2D eigenvalue weighted by Gasteiger charge is 2.27. The molecule has 1 rings (SSSR count). The number of hydrogen-bond donors (Lipinski definition) is 2. The fraction of sp³-hybridized carbons (Fsp3) is 0.300. The van der Waals surface area contributed by atoms with Crippen molar-refractivity contribution in [2.45, 2.75) is 5.51 Å². The number of benzene rings is 1. The minimum Gasteiger partial charge on any atom is -0.492 e. The lowest BCUT2D eigenvalue weighted by Gasteiger charge is -2.11. The molecule has 1 aromatic carbocycles. The lowest BCUT2D eigenvalue weighted by atomic mass is 10.2. The van der Waals surface area contributed by atoms with Gasteiger partial charge in [-0.15, -0.1) is 0 Å². The Morgan fingerprint density at radius 3 is 2.67 bits per heavy atom. The van der Waals surface area contributed by atoms with Crippen molar-refractivity contribution < 1.29 is 17.9 Å². The highest BCUT2D eigenvalue weighted by atomic mass is 35.5. The maximum absolute atomic E-state index is 11.9. The normalized spacial score (nSPS) is 11.3. The Labute approximate surface area is 111 Å². The van der Waals surface area contributed by atoms with E-state index in [0.717, 1.165) is 0 Å². The second kappa shape index (κ2) is 6.19. The summed E-state index contributed by atoms with van der Waals surface area (Å²) < 4.78 is 40.8. The van der Waals surface area contributed by atoms with E-state index in [-0.39, 0.29) is 35.7 Å². The van der Waals surface area contributed by atoms with Gasteiger partial charge in [0.1, 0.15) is 11.6 Å². The SMILES string of the molecule is N=C(N)c1ccc(Cl)cc1OCCSC(F)(F)F. The minimum absolute atomic E-state index is 0.148. The second-order valence-electron chi connectivity index (χ2n) is 3.20. The molecule has 0 unspecified atom stereocenters. The summed E-state index contributed by atoms with van der Waals surface area (Å²) in [6.07, 6.45) is 0. The number of rotatable bonds is 5. The summed E-state index contributed by atoms with van der Waals surface area (Å²) in [5.41, 5.74) is 1.34. The standard InChI is InChI=1S/C10H10ClF3N2OS/c11-6-1-2-7(9(15)16)8(5-6)17-3-4-18-10(12,13)14/h1-2,5H,3-4H2,(H3,15,16). The van der Waals surface area contributed by atoms with Crippen molar-refractivity contribution >= 4 is 29.2 Å².